The van der Waals surface area contributed by atoms with E-state index in [0.717, 1.165) is 0 Å². The second-order valence-electron chi connectivity index (χ2n) is 4.31. The lowest BCUT2D eigenvalue weighted by Gasteiger charge is -2.06. The molecule has 1 amide bonds. The molecule has 0 bridgehead atoms. The van der Waals surface area contributed by atoms with E-state index < -0.39 is 11.7 Å². The van der Waals surface area contributed by atoms with Gasteiger partial charge < -0.3 is 5.32 Å². The predicted molar refractivity (Wildman–Crippen MR) is 84.8 cm³/mol. The summed E-state index contributed by atoms with van der Waals surface area (Å²) in [5, 5.41) is 11.6. The Balaban J connectivity index is 2.08. The lowest BCUT2D eigenvalue weighted by atomic mass is 10.1. The summed E-state index contributed by atoms with van der Waals surface area (Å²) in [4.78, 5) is 16.4. The van der Waals surface area contributed by atoms with Crippen LogP contribution in [-0.4, -0.2) is 16.6 Å². The molecule has 7 heteroatoms. The number of halogens is 2. The number of benzene rings is 1. The van der Waals surface area contributed by atoms with Gasteiger partial charge in [0, 0.05) is 23.0 Å². The number of hydrogen-bond donors (Lipinski definition) is 1. The van der Waals surface area contributed by atoms with Crippen LogP contribution in [0.15, 0.2) is 59.3 Å². The second-order valence-corrected chi connectivity index (χ2v) is 5.38. The molecule has 0 aliphatic carbocycles. The summed E-state index contributed by atoms with van der Waals surface area (Å²) >= 11 is 0.422. The van der Waals surface area contributed by atoms with Gasteiger partial charge in [-0.15, -0.1) is 0 Å². The molecule has 2 rings (SSSR count). The van der Waals surface area contributed by atoms with Crippen LogP contribution in [0.4, 0.5) is 14.5 Å². The molecule has 23 heavy (non-hydrogen) atoms. The summed E-state index contributed by atoms with van der Waals surface area (Å²) in [5.41, 5.74) is 0.966. The normalized spacial score (nSPS) is 11.1. The van der Waals surface area contributed by atoms with E-state index in [1.54, 1.807) is 18.3 Å². The van der Waals surface area contributed by atoms with E-state index in [0.29, 0.717) is 27.9 Å². The molecule has 1 heterocycles. The van der Waals surface area contributed by atoms with E-state index in [2.05, 4.69) is 10.3 Å². The number of nitrogens with one attached hydrogen (secondary N) is 1. The van der Waals surface area contributed by atoms with Crippen LogP contribution < -0.4 is 5.32 Å². The quantitative estimate of drug-likeness (QED) is 0.512. The van der Waals surface area contributed by atoms with E-state index in [4.69, 9.17) is 5.26 Å². The van der Waals surface area contributed by atoms with Crippen LogP contribution in [0.1, 0.15) is 5.56 Å². The van der Waals surface area contributed by atoms with Crippen LogP contribution in [0.25, 0.3) is 6.08 Å². The minimum Gasteiger partial charge on any atom is -0.321 e. The molecule has 0 radical (unpaired) electrons. The molecule has 1 aromatic carbocycles. The molecule has 0 spiro atoms. The van der Waals surface area contributed by atoms with Crippen molar-refractivity contribution in [1.82, 2.24) is 4.98 Å². The van der Waals surface area contributed by atoms with E-state index >= 15 is 0 Å². The van der Waals surface area contributed by atoms with Crippen molar-refractivity contribution in [1.29, 1.82) is 5.26 Å². The van der Waals surface area contributed by atoms with Crippen molar-refractivity contribution in [2.24, 2.45) is 0 Å². The molecule has 0 aliphatic rings. The summed E-state index contributed by atoms with van der Waals surface area (Å²) in [5.74, 6) is -3.08. The number of anilines is 1. The minimum absolute atomic E-state index is 0.0796. The lowest BCUT2D eigenvalue weighted by molar-refractivity contribution is -0.112. The summed E-state index contributed by atoms with van der Waals surface area (Å²) < 4.78 is 24.5. The molecule has 2 aromatic rings. The third-order valence-corrected chi connectivity index (χ3v) is 3.42. The Kier molecular flexibility index (Phi) is 5.83. The molecule has 4 nitrogen and oxygen atoms in total. The molecule has 0 saturated carbocycles. The number of thioether (sulfide) groups is 1. The van der Waals surface area contributed by atoms with Crippen LogP contribution >= 0.6 is 11.8 Å². The van der Waals surface area contributed by atoms with Gasteiger partial charge in [-0.2, -0.15) is 14.0 Å². The van der Waals surface area contributed by atoms with Crippen molar-refractivity contribution >= 4 is 29.4 Å². The lowest BCUT2D eigenvalue weighted by Crippen LogP contribution is -2.13. The highest BCUT2D eigenvalue weighted by atomic mass is 32.2. The van der Waals surface area contributed by atoms with Gasteiger partial charge in [0.1, 0.15) is 11.6 Å². The van der Waals surface area contributed by atoms with Crippen molar-refractivity contribution in [2.45, 2.75) is 10.7 Å². The Morgan fingerprint density at radius 1 is 1.30 bits per heavy atom. The molecule has 0 saturated heterocycles. The van der Waals surface area contributed by atoms with Crippen LogP contribution in [0, 0.1) is 11.3 Å². The van der Waals surface area contributed by atoms with Crippen LogP contribution in [0.3, 0.4) is 0 Å². The maximum atomic E-state index is 12.2. The first-order chi connectivity index (χ1) is 11.1. The maximum Gasteiger partial charge on any atom is 0.288 e. The first-order valence-corrected chi connectivity index (χ1v) is 7.34. The molecule has 1 aromatic heterocycles. The summed E-state index contributed by atoms with van der Waals surface area (Å²) in [6.45, 7) is 0. The van der Waals surface area contributed by atoms with E-state index in [1.807, 2.05) is 6.07 Å². The molecule has 116 valence electrons. The van der Waals surface area contributed by atoms with Gasteiger partial charge in [-0.05, 0) is 42.0 Å². The number of carbonyl (C=O) groups is 1. The number of alkyl halides is 2. The predicted octanol–water partition coefficient (Wildman–Crippen LogP) is 3.94. The number of amides is 1. The van der Waals surface area contributed by atoms with Gasteiger partial charge >= 0.3 is 0 Å². The van der Waals surface area contributed by atoms with Gasteiger partial charge in [-0.3, -0.25) is 9.78 Å². The topological polar surface area (TPSA) is 65.8 Å². The molecular formula is C16H11F2N3OS. The number of hydrogen-bond acceptors (Lipinski definition) is 4. The summed E-state index contributed by atoms with van der Waals surface area (Å²) in [6.07, 6.45) is 4.53. The van der Waals surface area contributed by atoms with Crippen molar-refractivity contribution in [3.63, 3.8) is 0 Å². The van der Waals surface area contributed by atoms with Crippen LogP contribution in [0.2, 0.25) is 0 Å². The van der Waals surface area contributed by atoms with Crippen molar-refractivity contribution in [3.8, 4) is 6.07 Å². The Labute approximate surface area is 135 Å². The maximum absolute atomic E-state index is 12.2. The van der Waals surface area contributed by atoms with Gasteiger partial charge in [-0.1, -0.05) is 17.8 Å². The zero-order chi connectivity index (χ0) is 16.7. The highest BCUT2D eigenvalue weighted by Crippen LogP contribution is 2.26. The largest absolute Gasteiger partial charge is 0.321 e. The molecule has 0 aliphatic heterocycles. The van der Waals surface area contributed by atoms with E-state index in [-0.39, 0.29) is 5.57 Å². The molecule has 0 fully saturated rings. The molecule has 0 atom stereocenters. The highest BCUT2D eigenvalue weighted by molar-refractivity contribution is 7.99. The zero-order valence-electron chi connectivity index (χ0n) is 11.7. The van der Waals surface area contributed by atoms with E-state index in [9.17, 15) is 13.6 Å². The Hall–Kier alpha value is -2.72. The number of pyridine rings is 1. The average Bonchev–Trinajstić information content (AvgIpc) is 2.55. The fourth-order valence-corrected chi connectivity index (χ4v) is 2.19. The van der Waals surface area contributed by atoms with Gasteiger partial charge in [0.25, 0.3) is 11.7 Å². The molecule has 1 N–H and O–H groups in total. The Morgan fingerprint density at radius 3 is 2.61 bits per heavy atom. The van der Waals surface area contributed by atoms with Gasteiger partial charge in [0.05, 0.1) is 0 Å². The number of nitrogens with zero attached hydrogens (tertiary/aromatic N) is 2. The third-order valence-electron chi connectivity index (χ3n) is 2.70. The molecular weight excluding hydrogens is 320 g/mol. The smallest absolute Gasteiger partial charge is 0.288 e. The monoisotopic (exact) mass is 331 g/mol. The van der Waals surface area contributed by atoms with Gasteiger partial charge in [0.15, 0.2) is 0 Å². The Bertz CT molecular complexity index is 740. The van der Waals surface area contributed by atoms with Gasteiger partial charge in [-0.25, -0.2) is 0 Å². The van der Waals surface area contributed by atoms with E-state index in [1.165, 1.54) is 36.5 Å². The van der Waals surface area contributed by atoms with Gasteiger partial charge in [0.2, 0.25) is 0 Å². The third kappa shape index (κ3) is 5.20. The first-order valence-electron chi connectivity index (χ1n) is 6.46. The second kappa shape index (κ2) is 8.06. The Morgan fingerprint density at radius 2 is 2.04 bits per heavy atom. The SMILES string of the molecule is N#C/C(=C\c1cccnc1)C(=O)Nc1ccc(SC(F)F)cc1. The number of rotatable bonds is 5. The standard InChI is InChI=1S/C16H11F2N3OS/c17-16(18)23-14-5-3-13(4-6-14)21-15(22)12(9-19)8-11-2-1-7-20-10-11/h1-8,10,16H,(H,21,22)/b12-8+. The van der Waals surface area contributed by atoms with Crippen LogP contribution in [-0.2, 0) is 4.79 Å². The highest BCUT2D eigenvalue weighted by Gasteiger charge is 2.10. The summed E-state index contributed by atoms with van der Waals surface area (Å²) in [6, 6.07) is 11.2. The number of aromatic nitrogens is 1. The zero-order valence-corrected chi connectivity index (χ0v) is 12.6. The van der Waals surface area contributed by atoms with Crippen molar-refractivity contribution in [2.75, 3.05) is 5.32 Å². The number of nitriles is 1. The summed E-state index contributed by atoms with van der Waals surface area (Å²) in [7, 11) is 0. The fourth-order valence-electron chi connectivity index (χ4n) is 1.69. The minimum atomic E-state index is -2.50. The first kappa shape index (κ1) is 16.6. The average molecular weight is 331 g/mol. The van der Waals surface area contributed by atoms with Crippen LogP contribution in [0.5, 0.6) is 0 Å². The number of carbonyl (C=O) groups excluding carboxylic acids is 1. The molecule has 0 unspecified atom stereocenters. The van der Waals surface area contributed by atoms with Crippen molar-refractivity contribution in [3.05, 3.63) is 59.9 Å². The van der Waals surface area contributed by atoms with Crippen molar-refractivity contribution < 1.29 is 13.6 Å². The fraction of sp³-hybridized carbons (Fsp3) is 0.0625.